The maximum absolute atomic E-state index is 15.4. The summed E-state index contributed by atoms with van der Waals surface area (Å²) >= 11 is 0. The molecule has 4 aromatic rings. The SMILES string of the molecule is CCOC(=O)C(Nc1ccc(OC)cc1)C(NP(=O)(Oc1c(C)cccc1C)Oc1c(C)cccc1C)(C(=O)OC)c1ccccc1. The van der Waals surface area contributed by atoms with Crippen LogP contribution in [0.5, 0.6) is 17.2 Å². The number of hydrogen-bond donors (Lipinski definition) is 2. The summed E-state index contributed by atoms with van der Waals surface area (Å²) in [5.41, 5.74) is 1.16. The standard InChI is InChI=1S/C36H41N2O8P/c1-8-44-34(39)33(37-29-20-22-30(42-6)23-21-29)36(35(40)43-7,28-18-10-9-11-19-28)38-47(41,45-31-24(2)14-12-15-25(31)3)46-32-26(4)16-13-17-27(32)5/h9-23,33,37H,8H2,1-7H3,(H,38,41). The van der Waals surface area contributed by atoms with Crippen LogP contribution in [0.1, 0.15) is 34.7 Å². The van der Waals surface area contributed by atoms with Crippen molar-refractivity contribution in [3.8, 4) is 17.2 Å². The Bertz CT molecular complexity index is 1650. The minimum absolute atomic E-state index is 0.00113. The highest BCUT2D eigenvalue weighted by Gasteiger charge is 2.58. The first kappa shape index (κ1) is 35.1. The lowest BCUT2D eigenvalue weighted by molar-refractivity contribution is -0.157. The molecule has 2 N–H and O–H groups in total. The lowest BCUT2D eigenvalue weighted by atomic mass is 9.83. The van der Waals surface area contributed by atoms with E-state index in [1.807, 2.05) is 64.1 Å². The van der Waals surface area contributed by atoms with E-state index in [0.29, 0.717) is 33.7 Å². The van der Waals surface area contributed by atoms with Crippen LogP contribution in [0.25, 0.3) is 0 Å². The summed E-state index contributed by atoms with van der Waals surface area (Å²) < 4.78 is 44.3. The van der Waals surface area contributed by atoms with Crippen molar-refractivity contribution in [3.05, 3.63) is 119 Å². The molecule has 0 amide bonds. The molecule has 0 spiro atoms. The number of ether oxygens (including phenoxy) is 3. The smallest absolute Gasteiger partial charge is 0.497 e. The zero-order chi connectivity index (χ0) is 34.2. The Morgan fingerprint density at radius 1 is 0.745 bits per heavy atom. The summed E-state index contributed by atoms with van der Waals surface area (Å²) in [4.78, 5) is 28.3. The van der Waals surface area contributed by atoms with Crippen molar-refractivity contribution in [2.24, 2.45) is 0 Å². The molecule has 0 aromatic heterocycles. The average molecular weight is 661 g/mol. The molecular formula is C36H41N2O8P. The molecule has 0 saturated heterocycles. The van der Waals surface area contributed by atoms with Gasteiger partial charge in [0.25, 0.3) is 0 Å². The van der Waals surface area contributed by atoms with Gasteiger partial charge in [-0.05, 0) is 86.7 Å². The highest BCUT2D eigenvalue weighted by molar-refractivity contribution is 7.52. The normalized spacial score (nSPS) is 13.1. The van der Waals surface area contributed by atoms with E-state index in [1.54, 1.807) is 61.5 Å². The van der Waals surface area contributed by atoms with Crippen LogP contribution >= 0.6 is 7.75 Å². The second kappa shape index (κ2) is 15.2. The van der Waals surface area contributed by atoms with Gasteiger partial charge in [-0.3, -0.25) is 0 Å². The van der Waals surface area contributed by atoms with Gasteiger partial charge in [0, 0.05) is 5.69 Å². The second-order valence-corrected chi connectivity index (χ2v) is 12.5. The molecule has 0 aliphatic carbocycles. The van der Waals surface area contributed by atoms with E-state index in [1.165, 1.54) is 14.2 Å². The van der Waals surface area contributed by atoms with Crippen molar-refractivity contribution in [2.75, 3.05) is 26.1 Å². The number of benzene rings is 4. The largest absolute Gasteiger partial charge is 0.514 e. The van der Waals surface area contributed by atoms with Gasteiger partial charge in [0.1, 0.15) is 17.2 Å². The third-order valence-corrected chi connectivity index (χ3v) is 9.12. The maximum Gasteiger partial charge on any atom is 0.514 e. The van der Waals surface area contributed by atoms with Crippen LogP contribution < -0.4 is 24.2 Å². The number of anilines is 1. The number of rotatable bonds is 14. The second-order valence-electron chi connectivity index (χ2n) is 11.0. The Kier molecular flexibility index (Phi) is 11.3. The molecule has 2 atom stereocenters. The predicted octanol–water partition coefficient (Wildman–Crippen LogP) is 7.20. The van der Waals surface area contributed by atoms with Gasteiger partial charge < -0.3 is 28.6 Å². The summed E-state index contributed by atoms with van der Waals surface area (Å²) in [5.74, 6) is -0.611. The van der Waals surface area contributed by atoms with E-state index >= 15 is 4.57 Å². The van der Waals surface area contributed by atoms with Crippen molar-refractivity contribution in [2.45, 2.75) is 46.2 Å². The van der Waals surface area contributed by atoms with Crippen molar-refractivity contribution >= 4 is 25.4 Å². The quantitative estimate of drug-likeness (QED) is 0.106. The number of para-hydroxylation sites is 2. The first-order valence-corrected chi connectivity index (χ1v) is 16.6. The van der Waals surface area contributed by atoms with Gasteiger partial charge in [-0.15, -0.1) is 0 Å². The van der Waals surface area contributed by atoms with Crippen molar-refractivity contribution in [1.29, 1.82) is 0 Å². The molecule has 4 rings (SSSR count). The van der Waals surface area contributed by atoms with E-state index in [-0.39, 0.29) is 23.7 Å². The summed E-state index contributed by atoms with van der Waals surface area (Å²) in [6, 6.07) is 24.5. The van der Waals surface area contributed by atoms with Crippen LogP contribution in [0.4, 0.5) is 5.69 Å². The Morgan fingerprint density at radius 3 is 1.70 bits per heavy atom. The van der Waals surface area contributed by atoms with Crippen LogP contribution in [0.3, 0.4) is 0 Å². The molecule has 248 valence electrons. The molecular weight excluding hydrogens is 619 g/mol. The zero-order valence-corrected chi connectivity index (χ0v) is 28.6. The maximum atomic E-state index is 15.4. The van der Waals surface area contributed by atoms with E-state index in [4.69, 9.17) is 23.3 Å². The molecule has 4 aromatic carbocycles. The molecule has 11 heteroatoms. The molecule has 0 fully saturated rings. The summed E-state index contributed by atoms with van der Waals surface area (Å²) in [6.45, 7) is 8.89. The number of carbonyl (C=O) groups is 2. The topological polar surface area (TPSA) is 121 Å². The van der Waals surface area contributed by atoms with Crippen LogP contribution in [0.15, 0.2) is 91.0 Å². The number of hydrogen-bond acceptors (Lipinski definition) is 9. The molecule has 0 aliphatic rings. The van der Waals surface area contributed by atoms with Crippen molar-refractivity contribution in [3.63, 3.8) is 0 Å². The number of esters is 2. The van der Waals surface area contributed by atoms with Gasteiger partial charge in [0.2, 0.25) is 0 Å². The lowest BCUT2D eigenvalue weighted by Crippen LogP contribution is -2.63. The molecule has 47 heavy (non-hydrogen) atoms. The Balaban J connectivity index is 2.02. The van der Waals surface area contributed by atoms with Gasteiger partial charge in [0.05, 0.1) is 20.8 Å². The van der Waals surface area contributed by atoms with Crippen LogP contribution in [-0.2, 0) is 29.2 Å². The molecule has 0 aliphatic heterocycles. The predicted molar refractivity (Wildman–Crippen MR) is 181 cm³/mol. The van der Waals surface area contributed by atoms with Gasteiger partial charge in [0.15, 0.2) is 11.6 Å². The lowest BCUT2D eigenvalue weighted by Gasteiger charge is -2.40. The van der Waals surface area contributed by atoms with Gasteiger partial charge in [-0.1, -0.05) is 66.7 Å². The number of methoxy groups -OCH3 is 2. The Hall–Kier alpha value is -4.79. The van der Waals surface area contributed by atoms with E-state index < -0.39 is 31.3 Å². The summed E-state index contributed by atoms with van der Waals surface area (Å²) in [6.07, 6.45) is 0. The molecule has 0 saturated carbocycles. The third kappa shape index (κ3) is 7.79. The molecule has 10 nitrogen and oxygen atoms in total. The first-order chi connectivity index (χ1) is 22.5. The van der Waals surface area contributed by atoms with E-state index in [0.717, 1.165) is 0 Å². The highest BCUT2D eigenvalue weighted by atomic mass is 31.2. The zero-order valence-electron chi connectivity index (χ0n) is 27.7. The monoisotopic (exact) mass is 660 g/mol. The average Bonchev–Trinajstić information content (AvgIpc) is 3.07. The molecule has 2 unspecified atom stereocenters. The molecule has 0 heterocycles. The van der Waals surface area contributed by atoms with Gasteiger partial charge in [-0.2, -0.15) is 5.09 Å². The Labute approximate surface area is 275 Å². The fourth-order valence-electron chi connectivity index (χ4n) is 5.27. The number of nitrogens with one attached hydrogen (secondary N) is 2. The van der Waals surface area contributed by atoms with Crippen molar-refractivity contribution < 1.29 is 37.4 Å². The summed E-state index contributed by atoms with van der Waals surface area (Å²) in [7, 11) is -1.96. The minimum atomic E-state index is -4.67. The molecule has 0 bridgehead atoms. The van der Waals surface area contributed by atoms with Gasteiger partial charge >= 0.3 is 19.7 Å². The van der Waals surface area contributed by atoms with Crippen LogP contribution in [-0.4, -0.2) is 38.8 Å². The molecule has 0 radical (unpaired) electrons. The minimum Gasteiger partial charge on any atom is -0.497 e. The van der Waals surface area contributed by atoms with E-state index in [9.17, 15) is 9.59 Å². The fraction of sp³-hybridized carbons (Fsp3) is 0.278. The van der Waals surface area contributed by atoms with Crippen LogP contribution in [0.2, 0.25) is 0 Å². The first-order valence-electron chi connectivity index (χ1n) is 15.1. The Morgan fingerprint density at radius 2 is 1.26 bits per heavy atom. The number of aryl methyl sites for hydroxylation is 4. The van der Waals surface area contributed by atoms with E-state index in [2.05, 4.69) is 10.4 Å². The fourth-order valence-corrected chi connectivity index (χ4v) is 7.24. The highest BCUT2D eigenvalue weighted by Crippen LogP contribution is 2.52. The van der Waals surface area contributed by atoms with Gasteiger partial charge in [-0.25, -0.2) is 14.2 Å². The summed E-state index contributed by atoms with van der Waals surface area (Å²) in [5, 5.41) is 6.09. The third-order valence-electron chi connectivity index (χ3n) is 7.65. The van der Waals surface area contributed by atoms with Crippen molar-refractivity contribution in [1.82, 2.24) is 5.09 Å². The van der Waals surface area contributed by atoms with Crippen LogP contribution in [0, 0.1) is 27.7 Å². The number of carbonyl (C=O) groups excluding carboxylic acids is 2.